The van der Waals surface area contributed by atoms with E-state index in [-0.39, 0.29) is 10.3 Å². The number of unbranched alkanes of at least 4 members (excludes halogenated alkanes) is 2. The summed E-state index contributed by atoms with van der Waals surface area (Å²) in [6, 6.07) is 0. The van der Waals surface area contributed by atoms with Crippen LogP contribution < -0.4 is 11.5 Å². The van der Waals surface area contributed by atoms with Crippen molar-refractivity contribution in [1.29, 1.82) is 10.8 Å². The standard InChI is InChI=1S/C10H24N4S4/c1-3-5-7-18(10(13)14,16-17-18,8-6-4-2)15-9(11)12/h3-8H2,1-2H3,(H3,11,12)(H3,13,14). The lowest BCUT2D eigenvalue weighted by Crippen LogP contribution is -2.37. The summed E-state index contributed by atoms with van der Waals surface area (Å²) < 4.78 is 0. The second-order valence-electron chi connectivity index (χ2n) is 4.72. The van der Waals surface area contributed by atoms with Gasteiger partial charge in [-0.25, -0.2) is 0 Å². The molecule has 108 valence electrons. The Balaban J connectivity index is 3.19. The van der Waals surface area contributed by atoms with E-state index in [2.05, 4.69) is 13.8 Å². The second kappa shape index (κ2) is 5.03. The van der Waals surface area contributed by atoms with Gasteiger partial charge in [0.1, 0.15) is 5.17 Å². The Morgan fingerprint density at radius 2 is 1.50 bits per heavy atom. The minimum atomic E-state index is -2.90. The van der Waals surface area contributed by atoms with Crippen LogP contribution in [0.25, 0.3) is 0 Å². The molecule has 0 unspecified atom stereocenters. The fraction of sp³-hybridized carbons (Fsp3) is 0.800. The lowest BCUT2D eigenvalue weighted by atomic mass is 10.4. The maximum Gasteiger partial charge on any atom is 0.160 e. The van der Waals surface area contributed by atoms with E-state index in [0.717, 1.165) is 37.2 Å². The van der Waals surface area contributed by atoms with Crippen LogP contribution in [0.2, 0.25) is 0 Å². The van der Waals surface area contributed by atoms with Crippen molar-refractivity contribution in [2.75, 3.05) is 11.5 Å². The highest BCUT2D eigenvalue weighted by molar-refractivity contribution is 9.98. The van der Waals surface area contributed by atoms with Gasteiger partial charge in [-0.2, -0.15) is 0 Å². The Hall–Kier alpha value is 0.340. The summed E-state index contributed by atoms with van der Waals surface area (Å²) in [6.45, 7) is 4.30. The van der Waals surface area contributed by atoms with Gasteiger partial charge >= 0.3 is 0 Å². The fourth-order valence-corrected chi connectivity index (χ4v) is 25.7. The molecule has 8 heteroatoms. The van der Waals surface area contributed by atoms with Crippen LogP contribution in [0.4, 0.5) is 0 Å². The van der Waals surface area contributed by atoms with E-state index < -0.39 is 5.39 Å². The summed E-state index contributed by atoms with van der Waals surface area (Å²) in [4.78, 5) is 0. The summed E-state index contributed by atoms with van der Waals surface area (Å²) in [5.41, 5.74) is 11.7. The van der Waals surface area contributed by atoms with E-state index >= 15 is 0 Å². The third-order valence-corrected chi connectivity index (χ3v) is 28.4. The first-order valence-corrected chi connectivity index (χ1v) is 13.4. The zero-order chi connectivity index (χ0) is 13.9. The molecule has 4 nitrogen and oxygen atoms in total. The zero-order valence-electron chi connectivity index (χ0n) is 11.0. The molecule has 0 atom stereocenters. The molecular weight excluding hydrogens is 304 g/mol. The molecule has 0 aromatic rings. The lowest BCUT2D eigenvalue weighted by Gasteiger charge is -2.58. The minimum absolute atomic E-state index is 0.108. The molecule has 0 aromatic heterocycles. The normalized spacial score (nSPS) is 26.1. The van der Waals surface area contributed by atoms with Crippen molar-refractivity contribution in [3.05, 3.63) is 0 Å². The predicted octanol–water partition coefficient (Wildman–Crippen LogP) is 4.12. The molecule has 0 radical (unpaired) electrons. The van der Waals surface area contributed by atoms with E-state index in [0.29, 0.717) is 0 Å². The maximum absolute atomic E-state index is 8.22. The van der Waals surface area contributed by atoms with Crippen LogP contribution in [0, 0.1) is 10.8 Å². The smallest absolute Gasteiger partial charge is 0.160 e. The average Bonchev–Trinajstić information content (AvgIpc) is 2.98. The number of rotatable bonds is 6. The Kier molecular flexibility index (Phi) is 4.58. The molecule has 0 amide bonds. The van der Waals surface area contributed by atoms with Crippen LogP contribution in [0.3, 0.4) is 0 Å². The number of amidine groups is 2. The van der Waals surface area contributed by atoms with Gasteiger partial charge in [-0.15, -0.1) is 0 Å². The molecule has 18 heavy (non-hydrogen) atoms. The SMILES string of the molecule is CCCCS1(CCCC)(SC(=N)N)(C(=N)N)SS1. The van der Waals surface area contributed by atoms with Crippen LogP contribution in [0.5, 0.6) is 0 Å². The fourth-order valence-electron chi connectivity index (χ4n) is 1.99. The summed E-state index contributed by atoms with van der Waals surface area (Å²) in [5.74, 6) is 1.84. The third-order valence-electron chi connectivity index (χ3n) is 3.27. The molecule has 1 aliphatic heterocycles. The van der Waals surface area contributed by atoms with E-state index in [4.69, 9.17) is 22.3 Å². The molecule has 0 bridgehead atoms. The predicted molar refractivity (Wildman–Crippen MR) is 93.7 cm³/mol. The highest BCUT2D eigenvalue weighted by Gasteiger charge is 2.77. The van der Waals surface area contributed by atoms with Gasteiger partial charge < -0.3 is 11.5 Å². The van der Waals surface area contributed by atoms with Crippen molar-refractivity contribution in [3.63, 3.8) is 0 Å². The second-order valence-corrected chi connectivity index (χ2v) is 24.6. The molecule has 0 aromatic carbocycles. The topological polar surface area (TPSA) is 99.7 Å². The van der Waals surface area contributed by atoms with E-state index in [1.807, 2.05) is 0 Å². The highest BCUT2D eigenvalue weighted by atomic mass is 34.3. The molecule has 1 rings (SSSR count). The summed E-state index contributed by atoms with van der Waals surface area (Å²) in [6.07, 6.45) is 4.26. The van der Waals surface area contributed by atoms with Crippen molar-refractivity contribution < 1.29 is 0 Å². The molecule has 0 spiro atoms. The Morgan fingerprint density at radius 1 is 1.06 bits per heavy atom. The quantitative estimate of drug-likeness (QED) is 0.254. The monoisotopic (exact) mass is 328 g/mol. The first-order valence-electron chi connectivity index (χ1n) is 6.14. The average molecular weight is 329 g/mol. The van der Waals surface area contributed by atoms with Crippen molar-refractivity contribution >= 4 is 46.2 Å². The number of hydrogen-bond donors (Lipinski definition) is 4. The molecule has 1 heterocycles. The molecule has 1 fully saturated rings. The van der Waals surface area contributed by atoms with Gasteiger partial charge in [0.15, 0.2) is 5.17 Å². The van der Waals surface area contributed by atoms with Crippen molar-refractivity contribution in [3.8, 4) is 0 Å². The number of nitrogens with one attached hydrogen (secondary N) is 2. The van der Waals surface area contributed by atoms with Gasteiger partial charge in [0.05, 0.1) is 0 Å². The molecule has 0 saturated carbocycles. The zero-order valence-corrected chi connectivity index (χ0v) is 14.3. The molecular formula is C10H24N4S4. The van der Waals surface area contributed by atoms with Crippen molar-refractivity contribution in [2.24, 2.45) is 11.5 Å². The van der Waals surface area contributed by atoms with Crippen LogP contribution in [0.15, 0.2) is 0 Å². The molecule has 1 saturated heterocycles. The van der Waals surface area contributed by atoms with Crippen LogP contribution in [-0.4, -0.2) is 21.8 Å². The lowest BCUT2D eigenvalue weighted by molar-refractivity contribution is 0.873. The summed E-state index contributed by atoms with van der Waals surface area (Å²) in [7, 11) is 4.91. The minimum Gasteiger partial charge on any atom is -0.379 e. The van der Waals surface area contributed by atoms with E-state index in [1.165, 1.54) is 10.8 Å². The van der Waals surface area contributed by atoms with Gasteiger partial charge in [-0.3, -0.25) is 10.8 Å². The maximum atomic E-state index is 8.22. The van der Waals surface area contributed by atoms with Crippen molar-refractivity contribution in [1.82, 2.24) is 0 Å². The highest BCUT2D eigenvalue weighted by Crippen LogP contribution is 3.28. The van der Waals surface area contributed by atoms with Crippen LogP contribution in [0.1, 0.15) is 39.5 Å². The van der Waals surface area contributed by atoms with Crippen molar-refractivity contribution in [2.45, 2.75) is 39.5 Å². The van der Waals surface area contributed by atoms with Crippen LogP contribution >= 0.6 is 35.8 Å². The van der Waals surface area contributed by atoms with Gasteiger partial charge in [0, 0.05) is 0 Å². The summed E-state index contributed by atoms with van der Waals surface area (Å²) >= 11 is 0. The Morgan fingerprint density at radius 3 is 1.72 bits per heavy atom. The first-order chi connectivity index (χ1) is 8.31. The first kappa shape index (κ1) is 16.4. The van der Waals surface area contributed by atoms with E-state index in [9.17, 15) is 0 Å². The van der Waals surface area contributed by atoms with Crippen LogP contribution in [-0.2, 0) is 0 Å². The molecule has 6 N–H and O–H groups in total. The van der Waals surface area contributed by atoms with E-state index in [1.54, 1.807) is 19.7 Å². The van der Waals surface area contributed by atoms with Gasteiger partial charge in [-0.05, 0) is 54.8 Å². The number of hydrogen-bond acceptors (Lipinski definition) is 5. The third kappa shape index (κ3) is 2.36. The molecule has 1 aliphatic rings. The largest absolute Gasteiger partial charge is 0.379 e. The van der Waals surface area contributed by atoms with Gasteiger partial charge in [0.25, 0.3) is 0 Å². The van der Waals surface area contributed by atoms with Gasteiger partial charge in [0.2, 0.25) is 0 Å². The van der Waals surface area contributed by atoms with Gasteiger partial charge in [-0.1, -0.05) is 32.1 Å². The Bertz CT molecular complexity index is 366. The molecule has 0 aliphatic carbocycles. The Labute approximate surface area is 119 Å². The summed E-state index contributed by atoms with van der Waals surface area (Å²) in [5, 5.41) is 13.4. The number of nitrogens with two attached hydrogens (primary N) is 2.